The number of aryl methyl sites for hydroxylation is 1. The molecular weight excluding hydrogens is 304 g/mol. The highest BCUT2D eigenvalue weighted by molar-refractivity contribution is 9.10. The van der Waals surface area contributed by atoms with E-state index in [4.69, 9.17) is 4.74 Å². The molecule has 0 bridgehead atoms. The van der Waals surface area contributed by atoms with Crippen molar-refractivity contribution in [3.63, 3.8) is 0 Å². The second kappa shape index (κ2) is 6.22. The maximum Gasteiger partial charge on any atom is 0.125 e. The third kappa shape index (κ3) is 3.82. The van der Waals surface area contributed by atoms with Crippen molar-refractivity contribution in [1.29, 1.82) is 0 Å². The van der Waals surface area contributed by atoms with Gasteiger partial charge in [0.1, 0.15) is 12.4 Å². The standard InChI is InChI=1S/C16H17BrO2/c1-11-3-8-16(15(9-11)12(2)18)19-10-13-4-6-14(17)7-5-13/h3-9,12,18H,10H2,1-2H3. The highest BCUT2D eigenvalue weighted by Crippen LogP contribution is 2.27. The van der Waals surface area contributed by atoms with Gasteiger partial charge in [-0.1, -0.05) is 39.7 Å². The van der Waals surface area contributed by atoms with Crippen molar-refractivity contribution in [2.45, 2.75) is 26.6 Å². The van der Waals surface area contributed by atoms with Crippen LogP contribution in [0.2, 0.25) is 0 Å². The SMILES string of the molecule is Cc1ccc(OCc2ccc(Br)cc2)c(C(C)O)c1. The molecule has 100 valence electrons. The molecular formula is C16H17BrO2. The van der Waals surface area contributed by atoms with Gasteiger partial charge in [0, 0.05) is 10.0 Å². The predicted octanol–water partition coefficient (Wildman–Crippen LogP) is 4.39. The van der Waals surface area contributed by atoms with Crippen molar-refractivity contribution in [1.82, 2.24) is 0 Å². The van der Waals surface area contributed by atoms with Crippen LogP contribution in [-0.4, -0.2) is 5.11 Å². The van der Waals surface area contributed by atoms with E-state index in [1.165, 1.54) is 0 Å². The Kier molecular flexibility index (Phi) is 4.61. The van der Waals surface area contributed by atoms with E-state index in [1.807, 2.05) is 49.4 Å². The van der Waals surface area contributed by atoms with E-state index in [2.05, 4.69) is 15.9 Å². The Hall–Kier alpha value is -1.32. The first kappa shape index (κ1) is 14.1. The molecule has 2 rings (SSSR count). The molecule has 0 aliphatic rings. The van der Waals surface area contributed by atoms with Crippen molar-refractivity contribution < 1.29 is 9.84 Å². The van der Waals surface area contributed by atoms with Gasteiger partial charge in [0.2, 0.25) is 0 Å². The van der Waals surface area contributed by atoms with E-state index in [-0.39, 0.29) is 0 Å². The first-order chi connectivity index (χ1) is 9.06. The van der Waals surface area contributed by atoms with Crippen molar-refractivity contribution in [3.8, 4) is 5.75 Å². The number of benzene rings is 2. The summed E-state index contributed by atoms with van der Waals surface area (Å²) in [5.74, 6) is 0.739. The van der Waals surface area contributed by atoms with E-state index in [0.717, 1.165) is 26.9 Å². The molecule has 2 aromatic rings. The first-order valence-electron chi connectivity index (χ1n) is 6.22. The maximum atomic E-state index is 9.78. The number of halogens is 1. The number of aliphatic hydroxyl groups is 1. The van der Waals surface area contributed by atoms with Crippen LogP contribution in [0, 0.1) is 6.92 Å². The van der Waals surface area contributed by atoms with Gasteiger partial charge in [-0.15, -0.1) is 0 Å². The van der Waals surface area contributed by atoms with Gasteiger partial charge >= 0.3 is 0 Å². The lowest BCUT2D eigenvalue weighted by atomic mass is 10.1. The molecule has 0 fully saturated rings. The first-order valence-corrected chi connectivity index (χ1v) is 7.01. The molecule has 0 spiro atoms. The summed E-state index contributed by atoms with van der Waals surface area (Å²) in [6, 6.07) is 13.9. The van der Waals surface area contributed by atoms with Gasteiger partial charge in [-0.3, -0.25) is 0 Å². The molecule has 0 heterocycles. The monoisotopic (exact) mass is 320 g/mol. The predicted molar refractivity (Wildman–Crippen MR) is 80.3 cm³/mol. The fourth-order valence-corrected chi connectivity index (χ4v) is 2.13. The van der Waals surface area contributed by atoms with Gasteiger partial charge in [0.05, 0.1) is 6.10 Å². The molecule has 0 saturated heterocycles. The number of hydrogen-bond donors (Lipinski definition) is 1. The Morgan fingerprint density at radius 2 is 1.84 bits per heavy atom. The summed E-state index contributed by atoms with van der Waals surface area (Å²) in [6.07, 6.45) is -0.528. The number of hydrogen-bond acceptors (Lipinski definition) is 2. The van der Waals surface area contributed by atoms with Gasteiger partial charge in [0.25, 0.3) is 0 Å². The van der Waals surface area contributed by atoms with Gasteiger partial charge in [0.15, 0.2) is 0 Å². The molecule has 1 unspecified atom stereocenters. The van der Waals surface area contributed by atoms with Crippen LogP contribution in [0.1, 0.15) is 29.7 Å². The average Bonchev–Trinajstić information content (AvgIpc) is 2.39. The van der Waals surface area contributed by atoms with E-state index in [1.54, 1.807) is 6.92 Å². The zero-order valence-corrected chi connectivity index (χ0v) is 12.6. The number of rotatable bonds is 4. The summed E-state index contributed by atoms with van der Waals surface area (Å²) in [7, 11) is 0. The smallest absolute Gasteiger partial charge is 0.125 e. The van der Waals surface area contributed by atoms with Crippen molar-refractivity contribution in [2.75, 3.05) is 0 Å². The minimum Gasteiger partial charge on any atom is -0.489 e. The lowest BCUT2D eigenvalue weighted by Gasteiger charge is -2.14. The molecule has 0 aromatic heterocycles. The molecule has 2 nitrogen and oxygen atoms in total. The van der Waals surface area contributed by atoms with E-state index in [9.17, 15) is 5.11 Å². The van der Waals surface area contributed by atoms with Crippen molar-refractivity contribution >= 4 is 15.9 Å². The van der Waals surface area contributed by atoms with Gasteiger partial charge in [-0.2, -0.15) is 0 Å². The number of aliphatic hydroxyl groups excluding tert-OH is 1. The van der Waals surface area contributed by atoms with Crippen LogP contribution in [0.15, 0.2) is 46.9 Å². The highest BCUT2D eigenvalue weighted by Gasteiger charge is 2.09. The van der Waals surface area contributed by atoms with Gasteiger partial charge in [-0.05, 0) is 43.7 Å². The number of ether oxygens (including phenoxy) is 1. The van der Waals surface area contributed by atoms with Crippen molar-refractivity contribution in [2.24, 2.45) is 0 Å². The summed E-state index contributed by atoms with van der Waals surface area (Å²) in [5.41, 5.74) is 3.05. The molecule has 0 aliphatic carbocycles. The fraction of sp³-hybridized carbons (Fsp3) is 0.250. The largest absolute Gasteiger partial charge is 0.489 e. The average molecular weight is 321 g/mol. The summed E-state index contributed by atoms with van der Waals surface area (Å²) in [4.78, 5) is 0. The Labute approximate surface area is 122 Å². The van der Waals surface area contributed by atoms with Crippen molar-refractivity contribution in [3.05, 3.63) is 63.6 Å². The van der Waals surface area contributed by atoms with Crippen LogP contribution in [0.3, 0.4) is 0 Å². The van der Waals surface area contributed by atoms with Crippen LogP contribution in [0.4, 0.5) is 0 Å². The summed E-state index contributed by atoms with van der Waals surface area (Å²) in [6.45, 7) is 4.25. The van der Waals surface area contributed by atoms with Gasteiger partial charge in [-0.25, -0.2) is 0 Å². The molecule has 3 heteroatoms. The summed E-state index contributed by atoms with van der Waals surface area (Å²) in [5, 5.41) is 9.78. The Balaban J connectivity index is 2.13. The Morgan fingerprint density at radius 3 is 2.47 bits per heavy atom. The van der Waals surface area contributed by atoms with E-state index < -0.39 is 6.10 Å². The maximum absolute atomic E-state index is 9.78. The Morgan fingerprint density at radius 1 is 1.16 bits per heavy atom. The highest BCUT2D eigenvalue weighted by atomic mass is 79.9. The third-order valence-electron chi connectivity index (χ3n) is 2.92. The lowest BCUT2D eigenvalue weighted by Crippen LogP contribution is -2.01. The molecule has 1 atom stereocenters. The zero-order valence-electron chi connectivity index (χ0n) is 11.1. The zero-order chi connectivity index (χ0) is 13.8. The normalized spacial score (nSPS) is 12.2. The second-order valence-corrected chi connectivity index (χ2v) is 5.55. The topological polar surface area (TPSA) is 29.5 Å². The van der Waals surface area contributed by atoms with E-state index >= 15 is 0 Å². The molecule has 1 N–H and O–H groups in total. The molecule has 0 saturated carbocycles. The molecule has 0 amide bonds. The fourth-order valence-electron chi connectivity index (χ4n) is 1.87. The van der Waals surface area contributed by atoms with Crippen LogP contribution in [-0.2, 0) is 6.61 Å². The minimum atomic E-state index is -0.528. The molecule has 0 aliphatic heterocycles. The van der Waals surface area contributed by atoms with Gasteiger partial charge < -0.3 is 9.84 Å². The van der Waals surface area contributed by atoms with Crippen LogP contribution in [0.5, 0.6) is 5.75 Å². The van der Waals surface area contributed by atoms with Crippen LogP contribution in [0.25, 0.3) is 0 Å². The summed E-state index contributed by atoms with van der Waals surface area (Å²) < 4.78 is 6.86. The quantitative estimate of drug-likeness (QED) is 0.905. The second-order valence-electron chi connectivity index (χ2n) is 4.63. The molecule has 19 heavy (non-hydrogen) atoms. The third-order valence-corrected chi connectivity index (χ3v) is 3.45. The minimum absolute atomic E-state index is 0.496. The van der Waals surface area contributed by atoms with Crippen LogP contribution < -0.4 is 4.74 Å². The summed E-state index contributed by atoms with van der Waals surface area (Å²) >= 11 is 3.41. The van der Waals surface area contributed by atoms with E-state index in [0.29, 0.717) is 6.61 Å². The van der Waals surface area contributed by atoms with Crippen LogP contribution >= 0.6 is 15.9 Å². The lowest BCUT2D eigenvalue weighted by molar-refractivity contribution is 0.190. The molecule has 2 aromatic carbocycles. The Bertz CT molecular complexity index is 547. The molecule has 0 radical (unpaired) electrons.